The van der Waals surface area contributed by atoms with Crippen molar-refractivity contribution in [3.63, 3.8) is 0 Å². The Hall–Kier alpha value is -1.88. The van der Waals surface area contributed by atoms with Crippen molar-refractivity contribution in [2.75, 3.05) is 18.0 Å². The fourth-order valence-corrected chi connectivity index (χ4v) is 3.56. The molecule has 2 aliphatic rings. The second-order valence-electron chi connectivity index (χ2n) is 5.50. The summed E-state index contributed by atoms with van der Waals surface area (Å²) >= 11 is 0. The van der Waals surface area contributed by atoms with Crippen molar-refractivity contribution in [1.29, 1.82) is 0 Å². The van der Waals surface area contributed by atoms with E-state index < -0.39 is 0 Å². The molecule has 0 saturated carbocycles. The van der Waals surface area contributed by atoms with Gasteiger partial charge >= 0.3 is 0 Å². The molecule has 0 amide bonds. The average molecular weight is 270 g/mol. The van der Waals surface area contributed by atoms with Crippen molar-refractivity contribution < 1.29 is 4.42 Å². The molecule has 2 aliphatic heterocycles. The van der Waals surface area contributed by atoms with Gasteiger partial charge in [-0.2, -0.15) is 0 Å². The predicted octanol–water partition coefficient (Wildman–Crippen LogP) is 1.92. The quantitative estimate of drug-likeness (QED) is 0.852. The highest BCUT2D eigenvalue weighted by molar-refractivity contribution is 5.35. The summed E-state index contributed by atoms with van der Waals surface area (Å²) in [5, 5.41) is 0. The normalized spacial score (nSPS) is 26.1. The number of aromatic nitrogens is 2. The molecule has 2 aromatic heterocycles. The first-order valence-electron chi connectivity index (χ1n) is 7.22. The maximum atomic E-state index is 5.48. The van der Waals surface area contributed by atoms with E-state index in [4.69, 9.17) is 4.42 Å². The Labute approximate surface area is 118 Å². The summed E-state index contributed by atoms with van der Waals surface area (Å²) in [4.78, 5) is 13.7. The van der Waals surface area contributed by atoms with Crippen LogP contribution >= 0.6 is 0 Å². The Morgan fingerprint density at radius 1 is 1.10 bits per heavy atom. The van der Waals surface area contributed by atoms with Crippen molar-refractivity contribution in [2.24, 2.45) is 0 Å². The molecular formula is C15H18N4O. The minimum absolute atomic E-state index is 0.548. The summed E-state index contributed by atoms with van der Waals surface area (Å²) in [6.07, 6.45) is 7.77. The Morgan fingerprint density at radius 3 is 2.75 bits per heavy atom. The number of likely N-dealkylation sites (tertiary alicyclic amines) is 1. The van der Waals surface area contributed by atoms with Crippen LogP contribution in [-0.2, 0) is 6.54 Å². The molecule has 2 atom stereocenters. The second-order valence-corrected chi connectivity index (χ2v) is 5.50. The van der Waals surface area contributed by atoms with E-state index in [1.807, 2.05) is 24.5 Å². The van der Waals surface area contributed by atoms with Crippen LogP contribution in [-0.4, -0.2) is 40.0 Å². The van der Waals surface area contributed by atoms with Gasteiger partial charge in [-0.1, -0.05) is 0 Å². The van der Waals surface area contributed by atoms with E-state index in [0.717, 1.165) is 31.3 Å². The monoisotopic (exact) mass is 270 g/mol. The van der Waals surface area contributed by atoms with E-state index in [0.29, 0.717) is 12.1 Å². The van der Waals surface area contributed by atoms with Gasteiger partial charge in [-0.3, -0.25) is 4.90 Å². The van der Waals surface area contributed by atoms with Crippen molar-refractivity contribution >= 4 is 5.95 Å². The van der Waals surface area contributed by atoms with Crippen LogP contribution in [0.4, 0.5) is 5.95 Å². The molecule has 0 spiro atoms. The van der Waals surface area contributed by atoms with E-state index in [1.165, 1.54) is 12.8 Å². The van der Waals surface area contributed by atoms with Gasteiger partial charge in [0.15, 0.2) is 0 Å². The Bertz CT molecular complexity index is 557. The van der Waals surface area contributed by atoms with Gasteiger partial charge in [-0.25, -0.2) is 9.97 Å². The van der Waals surface area contributed by atoms with Crippen LogP contribution in [0, 0.1) is 0 Å². The lowest BCUT2D eigenvalue weighted by Crippen LogP contribution is -2.36. The van der Waals surface area contributed by atoms with E-state index in [9.17, 15) is 0 Å². The molecule has 2 aromatic rings. The fraction of sp³-hybridized carbons (Fsp3) is 0.467. The SMILES string of the molecule is c1cnc(N2CC[C@H]3[C@H]2CCN3Cc2ccco2)nc1. The molecule has 4 heterocycles. The van der Waals surface area contributed by atoms with Gasteiger partial charge in [0.05, 0.1) is 12.8 Å². The number of fused-ring (bicyclic) bond motifs is 1. The largest absolute Gasteiger partial charge is 0.468 e. The first-order chi connectivity index (χ1) is 9.92. The molecule has 0 bridgehead atoms. The summed E-state index contributed by atoms with van der Waals surface area (Å²) < 4.78 is 5.48. The lowest BCUT2D eigenvalue weighted by atomic mass is 10.1. The fourth-order valence-electron chi connectivity index (χ4n) is 3.56. The molecule has 5 nitrogen and oxygen atoms in total. The zero-order valence-corrected chi connectivity index (χ0v) is 11.4. The molecule has 4 rings (SSSR count). The number of hydrogen-bond acceptors (Lipinski definition) is 5. The summed E-state index contributed by atoms with van der Waals surface area (Å²) in [5.41, 5.74) is 0. The molecule has 0 aromatic carbocycles. The van der Waals surface area contributed by atoms with E-state index in [-0.39, 0.29) is 0 Å². The predicted molar refractivity (Wildman–Crippen MR) is 75.3 cm³/mol. The third kappa shape index (κ3) is 1.98. The molecule has 0 unspecified atom stereocenters. The minimum atomic E-state index is 0.548. The summed E-state index contributed by atoms with van der Waals surface area (Å²) in [5.74, 6) is 1.93. The molecule has 2 fully saturated rings. The first-order valence-corrected chi connectivity index (χ1v) is 7.22. The van der Waals surface area contributed by atoms with Crippen LogP contribution in [0.25, 0.3) is 0 Å². The summed E-state index contributed by atoms with van der Waals surface area (Å²) in [7, 11) is 0. The summed E-state index contributed by atoms with van der Waals surface area (Å²) in [6, 6.07) is 7.04. The first kappa shape index (κ1) is 11.9. The van der Waals surface area contributed by atoms with Crippen molar-refractivity contribution in [3.05, 3.63) is 42.6 Å². The number of furan rings is 1. The number of anilines is 1. The molecule has 104 valence electrons. The topological polar surface area (TPSA) is 45.4 Å². The van der Waals surface area contributed by atoms with Gasteiger partial charge in [-0.15, -0.1) is 0 Å². The molecule has 0 N–H and O–H groups in total. The maximum Gasteiger partial charge on any atom is 0.225 e. The van der Waals surface area contributed by atoms with Gasteiger partial charge in [0.1, 0.15) is 5.76 Å². The van der Waals surface area contributed by atoms with Crippen LogP contribution in [0.2, 0.25) is 0 Å². The van der Waals surface area contributed by atoms with E-state index >= 15 is 0 Å². The molecule has 20 heavy (non-hydrogen) atoms. The lowest BCUT2D eigenvalue weighted by molar-refractivity contribution is 0.226. The molecule has 0 aliphatic carbocycles. The summed E-state index contributed by atoms with van der Waals surface area (Å²) in [6.45, 7) is 3.09. The number of nitrogens with zero attached hydrogens (tertiary/aromatic N) is 4. The van der Waals surface area contributed by atoms with Gasteiger partial charge in [-0.05, 0) is 31.0 Å². The minimum Gasteiger partial charge on any atom is -0.468 e. The van der Waals surface area contributed by atoms with Crippen LogP contribution < -0.4 is 4.90 Å². The lowest BCUT2D eigenvalue weighted by Gasteiger charge is -2.25. The Morgan fingerprint density at radius 2 is 1.95 bits per heavy atom. The van der Waals surface area contributed by atoms with E-state index in [2.05, 4.69) is 25.8 Å². The molecule has 2 saturated heterocycles. The van der Waals surface area contributed by atoms with Crippen LogP contribution in [0.15, 0.2) is 41.3 Å². The standard InChI is InChI=1S/C15H18N4O/c1-3-12(20-10-1)11-18-8-4-14-13(18)5-9-19(14)15-16-6-2-7-17-15/h1-3,6-7,10,13-14H,4-5,8-9,11H2/t13-,14+/m0/s1. The van der Waals surface area contributed by atoms with Crippen molar-refractivity contribution in [2.45, 2.75) is 31.5 Å². The zero-order chi connectivity index (χ0) is 13.4. The van der Waals surface area contributed by atoms with E-state index in [1.54, 1.807) is 6.26 Å². The van der Waals surface area contributed by atoms with Crippen LogP contribution in [0.1, 0.15) is 18.6 Å². The van der Waals surface area contributed by atoms with Crippen LogP contribution in [0.3, 0.4) is 0 Å². The maximum absolute atomic E-state index is 5.48. The number of rotatable bonds is 3. The molecule has 0 radical (unpaired) electrons. The van der Waals surface area contributed by atoms with Crippen LogP contribution in [0.5, 0.6) is 0 Å². The number of hydrogen-bond donors (Lipinski definition) is 0. The smallest absolute Gasteiger partial charge is 0.225 e. The molecular weight excluding hydrogens is 252 g/mol. The Kier molecular flexibility index (Phi) is 2.92. The van der Waals surface area contributed by atoms with Gasteiger partial charge < -0.3 is 9.32 Å². The third-order valence-electron chi connectivity index (χ3n) is 4.44. The average Bonchev–Trinajstić information content (AvgIpc) is 3.19. The van der Waals surface area contributed by atoms with Gasteiger partial charge in [0.2, 0.25) is 5.95 Å². The zero-order valence-electron chi connectivity index (χ0n) is 11.4. The highest BCUT2D eigenvalue weighted by Gasteiger charge is 2.43. The van der Waals surface area contributed by atoms with Gasteiger partial charge in [0, 0.05) is 37.6 Å². The third-order valence-corrected chi connectivity index (χ3v) is 4.44. The highest BCUT2D eigenvalue weighted by Crippen LogP contribution is 2.34. The van der Waals surface area contributed by atoms with Crippen molar-refractivity contribution in [1.82, 2.24) is 14.9 Å². The molecule has 5 heteroatoms. The highest BCUT2D eigenvalue weighted by atomic mass is 16.3. The Balaban J connectivity index is 1.50. The second kappa shape index (κ2) is 4.90. The van der Waals surface area contributed by atoms with Gasteiger partial charge in [0.25, 0.3) is 0 Å². The van der Waals surface area contributed by atoms with Crippen molar-refractivity contribution in [3.8, 4) is 0 Å².